The summed E-state index contributed by atoms with van der Waals surface area (Å²) in [6, 6.07) is 22.3. The Hall–Kier alpha value is -1.70. The van der Waals surface area contributed by atoms with Gasteiger partial charge in [-0.1, -0.05) is 27.7 Å². The van der Waals surface area contributed by atoms with Gasteiger partial charge in [-0.15, -0.1) is 0 Å². The van der Waals surface area contributed by atoms with Crippen molar-refractivity contribution in [3.05, 3.63) is 95.6 Å². The molecule has 0 amide bonds. The van der Waals surface area contributed by atoms with Crippen molar-refractivity contribution >= 4 is 10.1 Å². The van der Waals surface area contributed by atoms with Crippen LogP contribution in [-0.4, -0.2) is 13.0 Å². The van der Waals surface area contributed by atoms with Crippen LogP contribution in [0.1, 0.15) is 134 Å². The van der Waals surface area contributed by atoms with E-state index in [9.17, 15) is 13.0 Å². The van der Waals surface area contributed by atoms with E-state index in [4.69, 9.17) is 0 Å². The van der Waals surface area contributed by atoms with Crippen LogP contribution in [0.3, 0.4) is 0 Å². The molecule has 0 aromatic heterocycles. The van der Waals surface area contributed by atoms with E-state index in [1.54, 1.807) is 0 Å². The first-order valence-electron chi connectivity index (χ1n) is 15.0. The predicted octanol–water partition coefficient (Wildman–Crippen LogP) is 6.86. The Kier molecular flexibility index (Phi) is 11.0. The molecule has 0 aliphatic rings. The van der Waals surface area contributed by atoms with Crippen molar-refractivity contribution in [3.8, 4) is 0 Å². The van der Waals surface area contributed by atoms with Crippen molar-refractivity contribution in [1.29, 1.82) is 0 Å². The van der Waals surface area contributed by atoms with Gasteiger partial charge in [0.1, 0.15) is 0 Å². The van der Waals surface area contributed by atoms with E-state index in [1.165, 1.54) is 18.3 Å². The fourth-order valence-electron chi connectivity index (χ4n) is 5.26. The summed E-state index contributed by atoms with van der Waals surface area (Å²) in [5.74, 6) is 0.261. The van der Waals surface area contributed by atoms with E-state index in [0.717, 1.165) is 30.4 Å². The second-order valence-electron chi connectivity index (χ2n) is 13.5. The Labute approximate surface area is 260 Å². The maximum absolute atomic E-state index is 12.6. The Morgan fingerprint density at radius 1 is 0.732 bits per heavy atom. The Balaban J connectivity index is 1.78. The van der Waals surface area contributed by atoms with Gasteiger partial charge in [0.15, 0.2) is 0 Å². The molecule has 1 N–H and O–H groups in total. The van der Waals surface area contributed by atoms with Crippen LogP contribution in [0.5, 0.6) is 0 Å². The summed E-state index contributed by atoms with van der Waals surface area (Å²) in [5, 5.41) is 0. The van der Waals surface area contributed by atoms with Crippen molar-refractivity contribution in [3.63, 3.8) is 0 Å². The van der Waals surface area contributed by atoms with Gasteiger partial charge in [0, 0.05) is 0 Å². The molecular weight excluding hydrogens is 639 g/mol. The zero-order valence-electron chi connectivity index (χ0n) is 26.7. The van der Waals surface area contributed by atoms with Gasteiger partial charge in [-0.05, 0) is 0 Å². The third-order valence-electron chi connectivity index (χ3n) is 8.80. The maximum atomic E-state index is 12.6. The third-order valence-corrected chi connectivity index (χ3v) is 12.5. The second-order valence-corrected chi connectivity index (χ2v) is 17.9. The average Bonchev–Trinajstić information content (AvgIpc) is 2.91. The standard InChI is InChI=1S/C36H50IO3S/c1-11-35(7,8)28-12-16-30(17-13-28)37-31-18-14-29(15-19-31)36(9,10)21-20-26(6)33-23-27(24(2)3)22-32(25(4)5)34(33)41(38,39)40/h12-19,22-26H,11,20-21H2,1-10H3,(H,38,39,40)/q-1. The van der Waals surface area contributed by atoms with Gasteiger partial charge in [-0.25, -0.2) is 0 Å². The molecule has 41 heavy (non-hydrogen) atoms. The van der Waals surface area contributed by atoms with Crippen LogP contribution in [0.2, 0.25) is 0 Å². The van der Waals surface area contributed by atoms with Crippen LogP contribution in [0.15, 0.2) is 65.6 Å². The van der Waals surface area contributed by atoms with E-state index in [1.807, 2.05) is 26.0 Å². The number of hydrogen-bond acceptors (Lipinski definition) is 2. The first-order chi connectivity index (χ1) is 19.0. The Morgan fingerprint density at radius 2 is 1.20 bits per heavy atom. The molecule has 226 valence electrons. The van der Waals surface area contributed by atoms with Gasteiger partial charge in [0.2, 0.25) is 0 Å². The SMILES string of the molecule is CCC(C)(C)c1ccc([I-]c2ccc(C(C)(C)CCC(C)c3cc(C(C)C)cc(C(C)C)c3S(=O)(=O)O)cc2)cc1. The average molecular weight is 690 g/mol. The van der Waals surface area contributed by atoms with Crippen LogP contribution >= 0.6 is 0 Å². The van der Waals surface area contributed by atoms with Crippen molar-refractivity contribution in [1.82, 2.24) is 0 Å². The minimum atomic E-state index is -4.34. The molecule has 3 nitrogen and oxygen atoms in total. The third kappa shape index (κ3) is 8.45. The van der Waals surface area contributed by atoms with E-state index in [2.05, 4.69) is 104 Å². The molecular formula is C36H50IO3S-. The molecule has 0 aliphatic heterocycles. The molecule has 0 saturated carbocycles. The molecule has 3 rings (SSSR count). The van der Waals surface area contributed by atoms with Gasteiger partial charge < -0.3 is 0 Å². The summed E-state index contributed by atoms with van der Waals surface area (Å²) in [6.45, 7) is 21.7. The zero-order valence-corrected chi connectivity index (χ0v) is 29.7. The number of benzene rings is 3. The van der Waals surface area contributed by atoms with E-state index in [-0.39, 0.29) is 54.7 Å². The van der Waals surface area contributed by atoms with Crippen molar-refractivity contribution in [2.75, 3.05) is 0 Å². The summed E-state index contributed by atoms with van der Waals surface area (Å²) in [5.41, 5.74) is 5.42. The molecule has 0 fully saturated rings. The normalized spacial score (nSPS) is 13.8. The molecule has 0 aliphatic carbocycles. The fraction of sp³-hybridized carbons (Fsp3) is 0.500. The van der Waals surface area contributed by atoms with Gasteiger partial charge in [-0.3, -0.25) is 0 Å². The Bertz CT molecular complexity index is 1420. The first kappa shape index (κ1) is 33.8. The monoisotopic (exact) mass is 689 g/mol. The summed E-state index contributed by atoms with van der Waals surface area (Å²) >= 11 is -0.238. The molecule has 3 aromatic carbocycles. The van der Waals surface area contributed by atoms with Crippen molar-refractivity contribution in [2.45, 2.75) is 122 Å². The van der Waals surface area contributed by atoms with Crippen LogP contribution in [0.4, 0.5) is 0 Å². The molecule has 3 aromatic rings. The van der Waals surface area contributed by atoms with Gasteiger partial charge in [-0.2, -0.15) is 0 Å². The molecule has 1 unspecified atom stereocenters. The topological polar surface area (TPSA) is 54.4 Å². The Morgan fingerprint density at radius 3 is 1.61 bits per heavy atom. The number of hydrogen-bond donors (Lipinski definition) is 1. The van der Waals surface area contributed by atoms with E-state index in [0.29, 0.717) is 5.56 Å². The van der Waals surface area contributed by atoms with Crippen LogP contribution in [0, 0.1) is 7.14 Å². The predicted molar refractivity (Wildman–Crippen MR) is 169 cm³/mol. The van der Waals surface area contributed by atoms with Crippen molar-refractivity contribution < 1.29 is 34.2 Å². The molecule has 0 heterocycles. The number of rotatable bonds is 12. The van der Waals surface area contributed by atoms with Crippen LogP contribution in [-0.2, 0) is 20.9 Å². The van der Waals surface area contributed by atoms with Gasteiger partial charge in [0.05, 0.1) is 0 Å². The summed E-state index contributed by atoms with van der Waals surface area (Å²) in [6.07, 6.45) is 2.86. The van der Waals surface area contributed by atoms with Crippen molar-refractivity contribution in [2.24, 2.45) is 0 Å². The fourth-order valence-corrected chi connectivity index (χ4v) is 8.57. The summed E-state index contributed by atoms with van der Waals surface area (Å²) in [4.78, 5) is 0.113. The van der Waals surface area contributed by atoms with Gasteiger partial charge in [0.25, 0.3) is 0 Å². The van der Waals surface area contributed by atoms with Crippen LogP contribution < -0.4 is 21.2 Å². The molecule has 0 radical (unpaired) electrons. The van der Waals surface area contributed by atoms with Gasteiger partial charge >= 0.3 is 234 Å². The summed E-state index contributed by atoms with van der Waals surface area (Å²) < 4.78 is 38.3. The minimum absolute atomic E-state index is 0.00420. The molecule has 5 heteroatoms. The zero-order chi connectivity index (χ0) is 30.8. The molecule has 0 bridgehead atoms. The van der Waals surface area contributed by atoms with Crippen LogP contribution in [0.25, 0.3) is 0 Å². The number of halogens is 1. The second kappa shape index (κ2) is 13.3. The summed E-state index contributed by atoms with van der Waals surface area (Å²) in [7, 11) is -4.34. The van der Waals surface area contributed by atoms with E-state index >= 15 is 0 Å². The first-order valence-corrected chi connectivity index (χ1v) is 18.6. The molecule has 0 saturated heterocycles. The van der Waals surface area contributed by atoms with E-state index < -0.39 is 10.1 Å². The molecule has 1 atom stereocenters. The quantitative estimate of drug-likeness (QED) is 0.167. The molecule has 0 spiro atoms.